The molecule has 1 saturated heterocycles. The highest BCUT2D eigenvalue weighted by atomic mass is 35.5. The minimum atomic E-state index is 0.209. The van der Waals surface area contributed by atoms with Crippen LogP contribution in [0, 0.1) is 0 Å². The standard InChI is InChI=1S/C15H15ClN4O/c16-14-13(10-21)15(18-11-17-14)20-8-6-19(7-9-20)12-4-2-1-3-5-12/h1-5,10-11H,6-9H2. The Hall–Kier alpha value is -2.14. The van der Waals surface area contributed by atoms with E-state index >= 15 is 0 Å². The number of nitrogens with zero attached hydrogens (tertiary/aromatic N) is 4. The molecule has 5 nitrogen and oxygen atoms in total. The smallest absolute Gasteiger partial charge is 0.156 e. The summed E-state index contributed by atoms with van der Waals surface area (Å²) in [6.07, 6.45) is 2.12. The number of rotatable bonds is 3. The molecule has 1 aliphatic heterocycles. The summed E-state index contributed by atoms with van der Waals surface area (Å²) in [5.74, 6) is 0.623. The van der Waals surface area contributed by atoms with Gasteiger partial charge in [0.15, 0.2) is 6.29 Å². The van der Waals surface area contributed by atoms with Crippen molar-refractivity contribution in [3.63, 3.8) is 0 Å². The van der Waals surface area contributed by atoms with Crippen LogP contribution in [0.3, 0.4) is 0 Å². The van der Waals surface area contributed by atoms with Crippen molar-refractivity contribution >= 4 is 29.4 Å². The molecule has 1 fully saturated rings. The highest BCUT2D eigenvalue weighted by Gasteiger charge is 2.21. The molecule has 0 amide bonds. The molecule has 21 heavy (non-hydrogen) atoms. The lowest BCUT2D eigenvalue weighted by atomic mass is 10.2. The molecule has 0 radical (unpaired) electrons. The lowest BCUT2D eigenvalue weighted by molar-refractivity contribution is 0.112. The first-order chi connectivity index (χ1) is 10.3. The third-order valence-electron chi connectivity index (χ3n) is 3.63. The number of carbonyl (C=O) groups excluding carboxylic acids is 1. The summed E-state index contributed by atoms with van der Waals surface area (Å²) in [5.41, 5.74) is 1.58. The van der Waals surface area contributed by atoms with Gasteiger partial charge in [0.25, 0.3) is 0 Å². The van der Waals surface area contributed by atoms with E-state index in [0.717, 1.165) is 32.5 Å². The fraction of sp³-hybridized carbons (Fsp3) is 0.267. The zero-order chi connectivity index (χ0) is 14.7. The Morgan fingerprint density at radius 1 is 1.00 bits per heavy atom. The van der Waals surface area contributed by atoms with Crippen molar-refractivity contribution in [1.29, 1.82) is 0 Å². The van der Waals surface area contributed by atoms with Gasteiger partial charge in [-0.15, -0.1) is 0 Å². The highest BCUT2D eigenvalue weighted by molar-refractivity contribution is 6.32. The molecule has 0 saturated carbocycles. The number of benzene rings is 1. The highest BCUT2D eigenvalue weighted by Crippen LogP contribution is 2.24. The number of carbonyl (C=O) groups is 1. The van der Waals surface area contributed by atoms with Gasteiger partial charge in [0.2, 0.25) is 0 Å². The number of hydrogen-bond acceptors (Lipinski definition) is 5. The van der Waals surface area contributed by atoms with E-state index in [1.807, 2.05) is 18.2 Å². The van der Waals surface area contributed by atoms with Crippen LogP contribution in [0.15, 0.2) is 36.7 Å². The van der Waals surface area contributed by atoms with Crippen molar-refractivity contribution in [2.75, 3.05) is 36.0 Å². The maximum Gasteiger partial charge on any atom is 0.156 e. The number of halogens is 1. The summed E-state index contributed by atoms with van der Waals surface area (Å²) in [6.45, 7) is 3.35. The quantitative estimate of drug-likeness (QED) is 0.643. The van der Waals surface area contributed by atoms with Crippen molar-refractivity contribution in [2.24, 2.45) is 0 Å². The zero-order valence-electron chi connectivity index (χ0n) is 11.4. The molecule has 0 unspecified atom stereocenters. The number of piperazine rings is 1. The maximum atomic E-state index is 11.2. The topological polar surface area (TPSA) is 49.3 Å². The third-order valence-corrected chi connectivity index (χ3v) is 3.93. The molecule has 0 N–H and O–H groups in total. The molecule has 0 atom stereocenters. The Morgan fingerprint density at radius 2 is 1.67 bits per heavy atom. The summed E-state index contributed by atoms with van der Waals surface area (Å²) in [7, 11) is 0. The Balaban J connectivity index is 1.75. The predicted octanol–water partition coefficient (Wildman–Crippen LogP) is 2.27. The zero-order valence-corrected chi connectivity index (χ0v) is 12.2. The molecule has 0 aliphatic carbocycles. The normalized spacial score (nSPS) is 15.1. The summed E-state index contributed by atoms with van der Waals surface area (Å²) in [4.78, 5) is 23.6. The second-order valence-electron chi connectivity index (χ2n) is 4.83. The Bertz CT molecular complexity index is 627. The largest absolute Gasteiger partial charge is 0.368 e. The van der Waals surface area contributed by atoms with E-state index in [-0.39, 0.29) is 5.15 Å². The van der Waals surface area contributed by atoms with E-state index in [0.29, 0.717) is 11.4 Å². The molecule has 2 heterocycles. The first-order valence-electron chi connectivity index (χ1n) is 6.80. The molecule has 1 aliphatic rings. The number of aldehydes is 1. The van der Waals surface area contributed by atoms with Crippen LogP contribution in [-0.4, -0.2) is 42.4 Å². The average Bonchev–Trinajstić information content (AvgIpc) is 2.55. The lowest BCUT2D eigenvalue weighted by Crippen LogP contribution is -2.47. The second-order valence-corrected chi connectivity index (χ2v) is 5.19. The minimum absolute atomic E-state index is 0.209. The van der Waals surface area contributed by atoms with Crippen molar-refractivity contribution in [1.82, 2.24) is 9.97 Å². The van der Waals surface area contributed by atoms with Gasteiger partial charge in [-0.2, -0.15) is 0 Å². The number of aromatic nitrogens is 2. The Morgan fingerprint density at radius 3 is 2.33 bits per heavy atom. The van der Waals surface area contributed by atoms with E-state index in [1.54, 1.807) is 0 Å². The van der Waals surface area contributed by atoms with Gasteiger partial charge in [-0.1, -0.05) is 29.8 Å². The molecule has 1 aromatic carbocycles. The van der Waals surface area contributed by atoms with Crippen LogP contribution in [0.25, 0.3) is 0 Å². The van der Waals surface area contributed by atoms with Gasteiger partial charge in [-0.3, -0.25) is 4.79 Å². The van der Waals surface area contributed by atoms with E-state index in [2.05, 4.69) is 31.9 Å². The summed E-state index contributed by atoms with van der Waals surface area (Å²) < 4.78 is 0. The van der Waals surface area contributed by atoms with Crippen molar-refractivity contribution in [3.8, 4) is 0 Å². The number of para-hydroxylation sites is 1. The summed E-state index contributed by atoms with van der Waals surface area (Å²) in [6, 6.07) is 10.3. The molecular formula is C15H15ClN4O. The van der Waals surface area contributed by atoms with Crippen LogP contribution < -0.4 is 9.80 Å². The maximum absolute atomic E-state index is 11.2. The molecule has 2 aromatic rings. The van der Waals surface area contributed by atoms with Crippen molar-refractivity contribution in [3.05, 3.63) is 47.4 Å². The van der Waals surface area contributed by atoms with Crippen LogP contribution in [0.5, 0.6) is 0 Å². The molecule has 0 bridgehead atoms. The van der Waals surface area contributed by atoms with Crippen LogP contribution in [0.4, 0.5) is 11.5 Å². The van der Waals surface area contributed by atoms with Crippen LogP contribution in [0.2, 0.25) is 5.15 Å². The first-order valence-corrected chi connectivity index (χ1v) is 7.18. The minimum Gasteiger partial charge on any atom is -0.368 e. The predicted molar refractivity (Wildman–Crippen MR) is 83.3 cm³/mol. The van der Waals surface area contributed by atoms with Crippen molar-refractivity contribution in [2.45, 2.75) is 0 Å². The van der Waals surface area contributed by atoms with Gasteiger partial charge >= 0.3 is 0 Å². The monoisotopic (exact) mass is 302 g/mol. The number of hydrogen-bond donors (Lipinski definition) is 0. The van der Waals surface area contributed by atoms with Gasteiger partial charge in [-0.05, 0) is 12.1 Å². The van der Waals surface area contributed by atoms with Gasteiger partial charge < -0.3 is 9.80 Å². The molecule has 3 rings (SSSR count). The summed E-state index contributed by atoms with van der Waals surface area (Å²) >= 11 is 5.95. The SMILES string of the molecule is O=Cc1c(Cl)ncnc1N1CCN(c2ccccc2)CC1. The van der Waals surface area contributed by atoms with E-state index in [1.165, 1.54) is 12.0 Å². The van der Waals surface area contributed by atoms with Gasteiger partial charge in [0.05, 0.1) is 5.56 Å². The number of anilines is 2. The van der Waals surface area contributed by atoms with Crippen LogP contribution in [0.1, 0.15) is 10.4 Å². The average molecular weight is 303 g/mol. The Labute approximate surface area is 128 Å². The molecule has 0 spiro atoms. The van der Waals surface area contributed by atoms with Gasteiger partial charge in [0.1, 0.15) is 17.3 Å². The third kappa shape index (κ3) is 2.83. The first kappa shape index (κ1) is 13.8. The molecule has 6 heteroatoms. The fourth-order valence-corrected chi connectivity index (χ4v) is 2.71. The van der Waals surface area contributed by atoms with Crippen LogP contribution >= 0.6 is 11.6 Å². The lowest BCUT2D eigenvalue weighted by Gasteiger charge is -2.37. The van der Waals surface area contributed by atoms with E-state index in [9.17, 15) is 4.79 Å². The molecule has 1 aromatic heterocycles. The second kappa shape index (κ2) is 6.10. The fourth-order valence-electron chi connectivity index (χ4n) is 2.53. The van der Waals surface area contributed by atoms with Crippen molar-refractivity contribution < 1.29 is 4.79 Å². The summed E-state index contributed by atoms with van der Waals surface area (Å²) in [5, 5.41) is 0.209. The van der Waals surface area contributed by atoms with Crippen LogP contribution in [-0.2, 0) is 0 Å². The van der Waals surface area contributed by atoms with E-state index in [4.69, 9.17) is 11.6 Å². The molecule has 108 valence electrons. The van der Waals surface area contributed by atoms with E-state index < -0.39 is 0 Å². The van der Waals surface area contributed by atoms with Gasteiger partial charge in [0, 0.05) is 31.9 Å². The Kier molecular flexibility index (Phi) is 4.01. The van der Waals surface area contributed by atoms with Gasteiger partial charge in [-0.25, -0.2) is 9.97 Å². The molecular weight excluding hydrogens is 288 g/mol.